The number of likely N-dealkylation sites (tertiary alicyclic amines) is 1. The van der Waals surface area contributed by atoms with Crippen LogP contribution >= 0.6 is 0 Å². The number of nitrogens with two attached hydrogens (primary N) is 1. The highest BCUT2D eigenvalue weighted by Gasteiger charge is 2.20. The number of hydrogen-bond acceptors (Lipinski definition) is 4. The Morgan fingerprint density at radius 2 is 2.16 bits per heavy atom. The fourth-order valence-corrected chi connectivity index (χ4v) is 2.22. The summed E-state index contributed by atoms with van der Waals surface area (Å²) in [6.07, 6.45) is 1.03. The first kappa shape index (κ1) is 14.0. The summed E-state index contributed by atoms with van der Waals surface area (Å²) in [5.41, 5.74) is 7.36. The van der Waals surface area contributed by atoms with Gasteiger partial charge in [0.15, 0.2) is 0 Å². The molecule has 1 fully saturated rings. The van der Waals surface area contributed by atoms with Crippen molar-refractivity contribution in [2.45, 2.75) is 25.5 Å². The summed E-state index contributed by atoms with van der Waals surface area (Å²) < 4.78 is 0. The summed E-state index contributed by atoms with van der Waals surface area (Å²) in [7, 11) is 0. The lowest BCUT2D eigenvalue weighted by Gasteiger charge is -2.14. The van der Waals surface area contributed by atoms with Gasteiger partial charge in [-0.15, -0.1) is 0 Å². The van der Waals surface area contributed by atoms with Crippen LogP contribution in [0.4, 0.5) is 5.69 Å². The number of aliphatic hydroxyl groups excluding tert-OH is 1. The van der Waals surface area contributed by atoms with E-state index in [2.05, 4.69) is 10.2 Å². The van der Waals surface area contributed by atoms with Crippen LogP contribution in [0.25, 0.3) is 0 Å². The normalized spacial score (nSPS) is 19.6. The predicted octanol–water partition coefficient (Wildman–Crippen LogP) is 0.540. The van der Waals surface area contributed by atoms with Gasteiger partial charge in [0.2, 0.25) is 5.91 Å². The molecule has 104 valence electrons. The highest BCUT2D eigenvalue weighted by molar-refractivity contribution is 5.90. The number of rotatable bonds is 5. The Balaban J connectivity index is 1.74. The molecule has 19 heavy (non-hydrogen) atoms. The summed E-state index contributed by atoms with van der Waals surface area (Å²) in [4.78, 5) is 13.9. The molecule has 0 saturated carbocycles. The molecule has 1 aromatic rings. The molecule has 5 heteroatoms. The van der Waals surface area contributed by atoms with E-state index in [0.717, 1.165) is 24.2 Å². The zero-order chi connectivity index (χ0) is 13.7. The van der Waals surface area contributed by atoms with Crippen LogP contribution < -0.4 is 11.1 Å². The van der Waals surface area contributed by atoms with Gasteiger partial charge < -0.3 is 21.1 Å². The minimum absolute atomic E-state index is 0.00175. The van der Waals surface area contributed by atoms with Gasteiger partial charge >= 0.3 is 0 Å². The van der Waals surface area contributed by atoms with Gasteiger partial charge in [0.25, 0.3) is 0 Å². The molecular formula is C14H21N3O2. The molecule has 0 bridgehead atoms. The molecule has 0 radical (unpaired) electrons. The molecule has 0 aromatic heterocycles. The van der Waals surface area contributed by atoms with Gasteiger partial charge in [-0.2, -0.15) is 0 Å². The first-order valence-electron chi connectivity index (χ1n) is 6.66. The lowest BCUT2D eigenvalue weighted by Crippen LogP contribution is -2.26. The van der Waals surface area contributed by atoms with Crippen LogP contribution in [0.1, 0.15) is 18.4 Å². The molecule has 1 unspecified atom stereocenters. The zero-order valence-electron chi connectivity index (χ0n) is 11.0. The maximum Gasteiger partial charge on any atom is 0.225 e. The van der Waals surface area contributed by atoms with Crippen molar-refractivity contribution in [3.63, 3.8) is 0 Å². The lowest BCUT2D eigenvalue weighted by atomic mass is 10.2. The molecule has 1 aliphatic heterocycles. The van der Waals surface area contributed by atoms with E-state index in [4.69, 9.17) is 5.73 Å². The number of anilines is 1. The number of benzene rings is 1. The fraction of sp³-hybridized carbons (Fsp3) is 0.500. The van der Waals surface area contributed by atoms with Gasteiger partial charge in [-0.1, -0.05) is 12.1 Å². The van der Waals surface area contributed by atoms with Crippen molar-refractivity contribution in [1.29, 1.82) is 0 Å². The number of carbonyl (C=O) groups excluding carboxylic acids is 1. The molecule has 0 spiro atoms. The molecule has 1 atom stereocenters. The smallest absolute Gasteiger partial charge is 0.225 e. The Morgan fingerprint density at radius 3 is 2.74 bits per heavy atom. The van der Waals surface area contributed by atoms with Crippen LogP contribution in [0.15, 0.2) is 24.3 Å². The molecule has 5 nitrogen and oxygen atoms in total. The van der Waals surface area contributed by atoms with E-state index in [1.807, 2.05) is 24.3 Å². The second-order valence-electron chi connectivity index (χ2n) is 4.94. The second-order valence-corrected chi connectivity index (χ2v) is 4.94. The average Bonchev–Trinajstić information content (AvgIpc) is 2.83. The number of aliphatic hydroxyl groups is 1. The molecular weight excluding hydrogens is 242 g/mol. The third-order valence-corrected chi connectivity index (χ3v) is 3.38. The molecule has 1 aliphatic rings. The molecule has 4 N–H and O–H groups in total. The second kappa shape index (κ2) is 6.65. The van der Waals surface area contributed by atoms with Crippen molar-refractivity contribution in [2.75, 3.05) is 25.0 Å². The van der Waals surface area contributed by atoms with Gasteiger partial charge in [0.05, 0.1) is 6.10 Å². The molecule has 1 saturated heterocycles. The van der Waals surface area contributed by atoms with Crippen LogP contribution in [-0.4, -0.2) is 41.7 Å². The Hall–Kier alpha value is -1.43. The van der Waals surface area contributed by atoms with Gasteiger partial charge in [-0.3, -0.25) is 4.79 Å². The molecule has 1 aromatic carbocycles. The van der Waals surface area contributed by atoms with Crippen molar-refractivity contribution >= 4 is 11.6 Å². The molecule has 0 aliphatic carbocycles. The van der Waals surface area contributed by atoms with Gasteiger partial charge in [-0.05, 0) is 24.1 Å². The number of nitrogens with one attached hydrogen (secondary N) is 1. The number of hydrogen-bond donors (Lipinski definition) is 3. The van der Waals surface area contributed by atoms with E-state index < -0.39 is 0 Å². The van der Waals surface area contributed by atoms with Crippen LogP contribution in [0, 0.1) is 0 Å². The quantitative estimate of drug-likeness (QED) is 0.724. The number of amides is 1. The SMILES string of the molecule is NCc1ccc(NC(=O)CCN2CCC(O)C2)cc1. The topological polar surface area (TPSA) is 78.6 Å². The maximum atomic E-state index is 11.8. The molecule has 2 rings (SSSR count). The monoisotopic (exact) mass is 263 g/mol. The maximum absolute atomic E-state index is 11.8. The summed E-state index contributed by atoms with van der Waals surface area (Å²) in [5.74, 6) is 0.00175. The van der Waals surface area contributed by atoms with Crippen molar-refractivity contribution in [3.05, 3.63) is 29.8 Å². The molecule has 1 heterocycles. The number of nitrogens with zero attached hydrogens (tertiary/aromatic N) is 1. The van der Waals surface area contributed by atoms with Crippen molar-refractivity contribution in [1.82, 2.24) is 4.90 Å². The standard InChI is InChI=1S/C14H21N3O2/c15-9-11-1-3-12(4-2-11)16-14(19)6-8-17-7-5-13(18)10-17/h1-4,13,18H,5-10,15H2,(H,16,19). The van der Waals surface area contributed by atoms with Gasteiger partial charge in [-0.25, -0.2) is 0 Å². The van der Waals surface area contributed by atoms with Crippen LogP contribution in [0.3, 0.4) is 0 Å². The number of β-amino-alcohol motifs (C(OH)–C–C–N with tert-alkyl or cyclic N) is 1. The average molecular weight is 263 g/mol. The van der Waals surface area contributed by atoms with Crippen molar-refractivity contribution in [2.24, 2.45) is 5.73 Å². The minimum Gasteiger partial charge on any atom is -0.392 e. The van der Waals surface area contributed by atoms with Crippen LogP contribution in [-0.2, 0) is 11.3 Å². The highest BCUT2D eigenvalue weighted by Crippen LogP contribution is 2.11. The van der Waals surface area contributed by atoms with Gasteiger partial charge in [0.1, 0.15) is 0 Å². The largest absolute Gasteiger partial charge is 0.392 e. The summed E-state index contributed by atoms with van der Waals surface area (Å²) in [5, 5.41) is 12.3. The summed E-state index contributed by atoms with van der Waals surface area (Å²) in [6, 6.07) is 7.54. The van der Waals surface area contributed by atoms with E-state index in [-0.39, 0.29) is 12.0 Å². The van der Waals surface area contributed by atoms with Crippen molar-refractivity contribution < 1.29 is 9.90 Å². The van der Waals surface area contributed by atoms with E-state index in [1.54, 1.807) is 0 Å². The fourth-order valence-electron chi connectivity index (χ4n) is 2.22. The van der Waals surface area contributed by atoms with Crippen LogP contribution in [0.5, 0.6) is 0 Å². The van der Waals surface area contributed by atoms with E-state index in [0.29, 0.717) is 26.1 Å². The summed E-state index contributed by atoms with van der Waals surface area (Å²) in [6.45, 7) is 2.76. The third-order valence-electron chi connectivity index (χ3n) is 3.38. The Morgan fingerprint density at radius 1 is 1.42 bits per heavy atom. The Labute approximate surface area is 113 Å². The Kier molecular flexibility index (Phi) is 4.90. The van der Waals surface area contributed by atoms with E-state index in [9.17, 15) is 9.90 Å². The Bertz CT molecular complexity index is 419. The van der Waals surface area contributed by atoms with Crippen LogP contribution in [0.2, 0.25) is 0 Å². The first-order valence-corrected chi connectivity index (χ1v) is 6.66. The first-order chi connectivity index (χ1) is 9.17. The third kappa shape index (κ3) is 4.31. The molecule has 1 amide bonds. The summed E-state index contributed by atoms with van der Waals surface area (Å²) >= 11 is 0. The zero-order valence-corrected chi connectivity index (χ0v) is 11.0. The van der Waals surface area contributed by atoms with Crippen molar-refractivity contribution in [3.8, 4) is 0 Å². The van der Waals surface area contributed by atoms with Gasteiger partial charge in [0, 0.05) is 38.3 Å². The predicted molar refractivity (Wildman–Crippen MR) is 74.6 cm³/mol. The van der Waals surface area contributed by atoms with E-state index >= 15 is 0 Å². The minimum atomic E-state index is -0.230. The number of carbonyl (C=O) groups is 1. The highest BCUT2D eigenvalue weighted by atomic mass is 16.3. The lowest BCUT2D eigenvalue weighted by molar-refractivity contribution is -0.116. The van der Waals surface area contributed by atoms with E-state index in [1.165, 1.54) is 0 Å².